The summed E-state index contributed by atoms with van der Waals surface area (Å²) in [5.41, 5.74) is 0. The number of hydrogen-bond acceptors (Lipinski definition) is 3. The van der Waals surface area contributed by atoms with E-state index in [0.717, 1.165) is 18.6 Å². The van der Waals surface area contributed by atoms with Crippen LogP contribution in [-0.2, 0) is 13.3 Å². The molecule has 0 atom stereocenters. The van der Waals surface area contributed by atoms with Crippen molar-refractivity contribution in [3.05, 3.63) is 0 Å². The van der Waals surface area contributed by atoms with Crippen molar-refractivity contribution in [1.82, 2.24) is 0 Å². The van der Waals surface area contributed by atoms with Gasteiger partial charge in [0.05, 0.1) is 0 Å². The summed E-state index contributed by atoms with van der Waals surface area (Å²) in [6.07, 6.45) is 25.9. The maximum atomic E-state index is 7.14. The fourth-order valence-corrected chi connectivity index (χ4v) is 9.89. The monoisotopic (exact) mass is 512 g/mol. The molecule has 0 aliphatic rings. The van der Waals surface area contributed by atoms with Crippen LogP contribution in [0.4, 0.5) is 0 Å². The number of unbranched alkanes of at least 4 members (excludes halogenated alkanes) is 15. The van der Waals surface area contributed by atoms with Gasteiger partial charge in [-0.2, -0.15) is 0 Å². The summed E-state index contributed by atoms with van der Waals surface area (Å²) in [6.45, 7) is 6.95. The molecule has 0 N–H and O–H groups in total. The van der Waals surface area contributed by atoms with Gasteiger partial charge in [0.2, 0.25) is 0 Å². The standard InChI is InChI=1S/C26H58ClO3PSi/c1-7-8-9-10-11-12-13-14-15-16-17-18-19-20-21-22-24-31(5,6,27)25-23-26-32(28-2,29-3)30-4/h7-26H2,1-6H3. The molecular formula is C26H58ClO3PSi. The van der Waals surface area contributed by atoms with Crippen LogP contribution in [0, 0.1) is 0 Å². The second-order valence-corrected chi connectivity index (χ2v) is 23.1. The summed E-state index contributed by atoms with van der Waals surface area (Å²) in [5, 5.41) is 0. The fourth-order valence-electron chi connectivity index (χ4n) is 4.60. The maximum absolute atomic E-state index is 7.14. The molecule has 0 saturated heterocycles. The van der Waals surface area contributed by atoms with E-state index in [1.165, 1.54) is 109 Å². The Hall–Kier alpha value is 0.817. The van der Waals surface area contributed by atoms with Crippen molar-refractivity contribution in [2.24, 2.45) is 0 Å². The molecule has 0 heterocycles. The Bertz CT molecular complexity index is 417. The molecule has 6 heteroatoms. The van der Waals surface area contributed by atoms with Crippen molar-refractivity contribution in [3.63, 3.8) is 0 Å². The summed E-state index contributed by atoms with van der Waals surface area (Å²) in [6, 6.07) is 0.849. The summed E-state index contributed by atoms with van der Waals surface area (Å²) >= 11 is 7.14. The van der Waals surface area contributed by atoms with Crippen molar-refractivity contribution in [2.75, 3.05) is 47.0 Å². The predicted molar refractivity (Wildman–Crippen MR) is 150 cm³/mol. The summed E-state index contributed by atoms with van der Waals surface area (Å²) in [5.74, 6) is -2.09. The molecule has 32 heavy (non-hydrogen) atoms. The molecule has 0 aromatic carbocycles. The Kier molecular flexibility index (Phi) is 19.5. The summed E-state index contributed by atoms with van der Waals surface area (Å²) in [4.78, 5) is 0. The Balaban J connectivity index is 3.63. The molecule has 0 saturated carbocycles. The van der Waals surface area contributed by atoms with Gasteiger partial charge >= 0.3 is 169 Å². The third kappa shape index (κ3) is 18.2. The van der Waals surface area contributed by atoms with Gasteiger partial charge in [-0.25, -0.2) is 0 Å². The van der Waals surface area contributed by atoms with Crippen LogP contribution in [0.5, 0.6) is 0 Å². The SMILES string of the molecule is CCCCCCCCCCCCCCCCCCP(C)(C)(Cl)CCC[Si](OC)(OC)OC. The Labute approximate surface area is 208 Å². The molecule has 0 unspecified atom stereocenters. The topological polar surface area (TPSA) is 27.7 Å². The van der Waals surface area contributed by atoms with Gasteiger partial charge in [-0.1, -0.05) is 39.0 Å². The van der Waals surface area contributed by atoms with E-state index in [2.05, 4.69) is 20.3 Å². The third-order valence-corrected chi connectivity index (χ3v) is 14.2. The molecule has 0 aromatic rings. The van der Waals surface area contributed by atoms with Gasteiger partial charge in [0, 0.05) is 0 Å². The fraction of sp³-hybridized carbons (Fsp3) is 1.00. The van der Waals surface area contributed by atoms with Crippen molar-refractivity contribution in [1.29, 1.82) is 0 Å². The first-order valence-electron chi connectivity index (χ1n) is 13.6. The molecule has 0 radical (unpaired) electrons. The Morgan fingerprint density at radius 2 is 0.844 bits per heavy atom. The zero-order valence-corrected chi connectivity index (χ0v) is 25.3. The summed E-state index contributed by atoms with van der Waals surface area (Å²) in [7, 11) is 2.60. The van der Waals surface area contributed by atoms with E-state index >= 15 is 0 Å². The average molecular weight is 513 g/mol. The van der Waals surface area contributed by atoms with Crippen molar-refractivity contribution < 1.29 is 13.3 Å². The zero-order chi connectivity index (χ0) is 24.2. The first kappa shape index (κ1) is 32.8. The second-order valence-electron chi connectivity index (χ2n) is 10.7. The van der Waals surface area contributed by atoms with Crippen LogP contribution in [-0.4, -0.2) is 55.8 Å². The van der Waals surface area contributed by atoms with Crippen LogP contribution in [0.25, 0.3) is 0 Å². The third-order valence-electron chi connectivity index (χ3n) is 6.97. The predicted octanol–water partition coefficient (Wildman–Crippen LogP) is 9.48. The van der Waals surface area contributed by atoms with Gasteiger partial charge in [0.15, 0.2) is 0 Å². The zero-order valence-electron chi connectivity index (χ0n) is 22.7. The number of halogens is 1. The first-order valence-corrected chi connectivity index (χ1v) is 19.9. The average Bonchev–Trinajstić information content (AvgIpc) is 2.76. The van der Waals surface area contributed by atoms with E-state index in [-0.39, 0.29) is 0 Å². The van der Waals surface area contributed by atoms with E-state index in [4.69, 9.17) is 24.5 Å². The van der Waals surface area contributed by atoms with E-state index in [1.54, 1.807) is 21.3 Å². The van der Waals surface area contributed by atoms with Crippen LogP contribution < -0.4 is 0 Å². The van der Waals surface area contributed by atoms with Crippen molar-refractivity contribution in [3.8, 4) is 0 Å². The molecular weight excluding hydrogens is 455 g/mol. The molecule has 0 aliphatic heterocycles. The van der Waals surface area contributed by atoms with Crippen LogP contribution in [0.2, 0.25) is 6.04 Å². The van der Waals surface area contributed by atoms with E-state index < -0.39 is 14.8 Å². The van der Waals surface area contributed by atoms with E-state index in [0.29, 0.717) is 0 Å². The van der Waals surface area contributed by atoms with Gasteiger partial charge in [-0.15, -0.1) is 0 Å². The molecule has 0 aliphatic carbocycles. The Morgan fingerprint density at radius 1 is 0.531 bits per heavy atom. The second kappa shape index (κ2) is 19.1. The van der Waals surface area contributed by atoms with Crippen LogP contribution in [0.3, 0.4) is 0 Å². The molecule has 3 nitrogen and oxygen atoms in total. The molecule has 0 aromatic heterocycles. The molecule has 0 fully saturated rings. The minimum absolute atomic E-state index is 0.849. The van der Waals surface area contributed by atoms with Crippen LogP contribution in [0.1, 0.15) is 116 Å². The van der Waals surface area contributed by atoms with Crippen molar-refractivity contribution in [2.45, 2.75) is 122 Å². The number of hydrogen-bond donors (Lipinski definition) is 0. The Morgan fingerprint density at radius 3 is 1.19 bits per heavy atom. The number of rotatable bonds is 24. The normalized spacial score (nSPS) is 13.9. The molecule has 196 valence electrons. The summed E-state index contributed by atoms with van der Waals surface area (Å²) < 4.78 is 16.6. The van der Waals surface area contributed by atoms with Gasteiger partial charge in [-0.3, -0.25) is 0 Å². The van der Waals surface area contributed by atoms with Crippen molar-refractivity contribution >= 4 is 26.0 Å². The molecule has 0 spiro atoms. The molecule has 0 bridgehead atoms. The van der Waals surface area contributed by atoms with Gasteiger partial charge in [-0.05, 0) is 0 Å². The van der Waals surface area contributed by atoms with Gasteiger partial charge in [0.1, 0.15) is 0 Å². The quantitative estimate of drug-likeness (QED) is 0.0731. The van der Waals surface area contributed by atoms with Gasteiger partial charge in [0.25, 0.3) is 0 Å². The molecule has 0 amide bonds. The van der Waals surface area contributed by atoms with Crippen LogP contribution >= 0.6 is 17.2 Å². The molecule has 0 rings (SSSR count). The van der Waals surface area contributed by atoms with Gasteiger partial charge < -0.3 is 0 Å². The van der Waals surface area contributed by atoms with Crippen LogP contribution in [0.15, 0.2) is 0 Å². The van der Waals surface area contributed by atoms with E-state index in [1.807, 2.05) is 0 Å². The minimum atomic E-state index is -2.46. The first-order chi connectivity index (χ1) is 15.2. The van der Waals surface area contributed by atoms with E-state index in [9.17, 15) is 0 Å².